The average molecular weight is 332 g/mol. The zero-order valence-corrected chi connectivity index (χ0v) is 13.9. The Morgan fingerprint density at radius 2 is 1.84 bits per heavy atom. The maximum absolute atomic E-state index is 5.77. The standard InChI is InChI=1S/C18H16N6O/c1-12-8-9-14-16(21-12)17(20-11-19-14)24(2)10-15-22-23-18(25-15)13-6-4-3-5-7-13/h3-9,11H,10H2,1-2H3. The van der Waals surface area contributed by atoms with Gasteiger partial charge >= 0.3 is 0 Å². The number of fused-ring (bicyclic) bond motifs is 1. The van der Waals surface area contributed by atoms with Crippen molar-refractivity contribution < 1.29 is 4.42 Å². The van der Waals surface area contributed by atoms with Crippen LogP contribution in [0.2, 0.25) is 0 Å². The van der Waals surface area contributed by atoms with Gasteiger partial charge in [0.2, 0.25) is 11.8 Å². The number of anilines is 1. The number of aromatic nitrogens is 5. The molecule has 0 atom stereocenters. The molecule has 4 aromatic rings. The molecule has 0 saturated carbocycles. The first-order chi connectivity index (χ1) is 12.2. The van der Waals surface area contributed by atoms with Crippen molar-refractivity contribution in [1.29, 1.82) is 0 Å². The zero-order chi connectivity index (χ0) is 17.2. The van der Waals surface area contributed by atoms with Gasteiger partial charge in [0.15, 0.2) is 5.82 Å². The maximum atomic E-state index is 5.77. The molecule has 124 valence electrons. The van der Waals surface area contributed by atoms with E-state index in [0.717, 1.165) is 28.1 Å². The summed E-state index contributed by atoms with van der Waals surface area (Å²) < 4.78 is 5.77. The molecular weight excluding hydrogens is 316 g/mol. The van der Waals surface area contributed by atoms with Crippen molar-refractivity contribution in [3.05, 3.63) is 60.4 Å². The van der Waals surface area contributed by atoms with Crippen LogP contribution in [-0.2, 0) is 6.54 Å². The Morgan fingerprint density at radius 1 is 1.00 bits per heavy atom. The van der Waals surface area contributed by atoms with Crippen LogP contribution in [0, 0.1) is 6.92 Å². The van der Waals surface area contributed by atoms with E-state index in [1.807, 2.05) is 61.3 Å². The second-order valence-electron chi connectivity index (χ2n) is 5.74. The van der Waals surface area contributed by atoms with Gasteiger partial charge < -0.3 is 9.32 Å². The van der Waals surface area contributed by atoms with Gasteiger partial charge in [-0.05, 0) is 31.2 Å². The molecule has 0 aliphatic carbocycles. The molecule has 7 heteroatoms. The molecule has 25 heavy (non-hydrogen) atoms. The number of rotatable bonds is 4. The minimum absolute atomic E-state index is 0.432. The first kappa shape index (κ1) is 15.2. The van der Waals surface area contributed by atoms with Gasteiger partial charge in [-0.25, -0.2) is 15.0 Å². The lowest BCUT2D eigenvalue weighted by molar-refractivity contribution is 0.503. The third-order valence-electron chi connectivity index (χ3n) is 3.82. The lowest BCUT2D eigenvalue weighted by atomic mass is 10.2. The van der Waals surface area contributed by atoms with E-state index in [0.29, 0.717) is 18.3 Å². The highest BCUT2D eigenvalue weighted by Gasteiger charge is 2.14. The molecule has 0 unspecified atom stereocenters. The third-order valence-corrected chi connectivity index (χ3v) is 3.82. The van der Waals surface area contributed by atoms with Crippen LogP contribution in [0.15, 0.2) is 53.2 Å². The highest BCUT2D eigenvalue weighted by atomic mass is 16.4. The highest BCUT2D eigenvalue weighted by Crippen LogP contribution is 2.23. The quantitative estimate of drug-likeness (QED) is 0.568. The summed E-state index contributed by atoms with van der Waals surface area (Å²) in [6, 6.07) is 13.6. The van der Waals surface area contributed by atoms with Crippen molar-refractivity contribution in [3.8, 4) is 11.5 Å². The zero-order valence-electron chi connectivity index (χ0n) is 13.9. The Morgan fingerprint density at radius 3 is 2.68 bits per heavy atom. The van der Waals surface area contributed by atoms with E-state index in [9.17, 15) is 0 Å². The molecule has 0 spiro atoms. The Labute approximate surface area is 144 Å². The van der Waals surface area contributed by atoms with Gasteiger partial charge in [-0.2, -0.15) is 0 Å². The molecule has 0 saturated heterocycles. The number of hydrogen-bond acceptors (Lipinski definition) is 7. The molecule has 0 aliphatic rings. The van der Waals surface area contributed by atoms with Crippen LogP contribution < -0.4 is 4.90 Å². The van der Waals surface area contributed by atoms with Crippen LogP contribution in [0.1, 0.15) is 11.6 Å². The second kappa shape index (κ2) is 6.27. The van der Waals surface area contributed by atoms with Crippen LogP contribution in [0.3, 0.4) is 0 Å². The van der Waals surface area contributed by atoms with Gasteiger partial charge in [0.05, 0.1) is 12.1 Å². The monoisotopic (exact) mass is 332 g/mol. The van der Waals surface area contributed by atoms with E-state index in [1.165, 1.54) is 6.33 Å². The largest absolute Gasteiger partial charge is 0.419 e. The number of aryl methyl sites for hydroxylation is 1. The predicted octanol–water partition coefficient (Wildman–Crippen LogP) is 3.02. The van der Waals surface area contributed by atoms with E-state index in [2.05, 4.69) is 25.1 Å². The topological polar surface area (TPSA) is 80.8 Å². The third kappa shape index (κ3) is 3.03. The summed E-state index contributed by atoms with van der Waals surface area (Å²) in [7, 11) is 1.91. The average Bonchev–Trinajstić information content (AvgIpc) is 3.10. The summed E-state index contributed by atoms with van der Waals surface area (Å²) in [5, 5.41) is 8.25. The minimum atomic E-state index is 0.432. The van der Waals surface area contributed by atoms with Crippen molar-refractivity contribution >= 4 is 16.9 Å². The van der Waals surface area contributed by atoms with Gasteiger partial charge in [-0.15, -0.1) is 10.2 Å². The van der Waals surface area contributed by atoms with Gasteiger partial charge in [0.1, 0.15) is 11.8 Å². The first-order valence-electron chi connectivity index (χ1n) is 7.88. The molecule has 0 aliphatic heterocycles. The van der Waals surface area contributed by atoms with Crippen molar-refractivity contribution in [3.63, 3.8) is 0 Å². The molecule has 0 amide bonds. The summed E-state index contributed by atoms with van der Waals surface area (Å²) in [4.78, 5) is 15.1. The smallest absolute Gasteiger partial charge is 0.247 e. The Hall–Kier alpha value is -3.35. The molecule has 3 aromatic heterocycles. The van der Waals surface area contributed by atoms with E-state index < -0.39 is 0 Å². The fourth-order valence-corrected chi connectivity index (χ4v) is 2.60. The molecule has 7 nitrogen and oxygen atoms in total. The lowest BCUT2D eigenvalue weighted by Gasteiger charge is -2.16. The molecule has 1 aromatic carbocycles. The van der Waals surface area contributed by atoms with E-state index in [-0.39, 0.29) is 0 Å². The Bertz CT molecular complexity index is 1010. The Kier molecular flexibility index (Phi) is 3.81. The molecule has 3 heterocycles. The number of nitrogens with zero attached hydrogens (tertiary/aromatic N) is 6. The first-order valence-corrected chi connectivity index (χ1v) is 7.88. The van der Waals surface area contributed by atoms with Crippen molar-refractivity contribution in [2.45, 2.75) is 13.5 Å². The highest BCUT2D eigenvalue weighted by molar-refractivity contribution is 5.85. The van der Waals surface area contributed by atoms with Crippen LogP contribution in [0.5, 0.6) is 0 Å². The number of benzene rings is 1. The van der Waals surface area contributed by atoms with Gasteiger partial charge in [-0.3, -0.25) is 0 Å². The summed E-state index contributed by atoms with van der Waals surface area (Å²) >= 11 is 0. The predicted molar refractivity (Wildman–Crippen MR) is 93.9 cm³/mol. The molecule has 0 radical (unpaired) electrons. The van der Waals surface area contributed by atoms with Crippen molar-refractivity contribution in [2.75, 3.05) is 11.9 Å². The summed E-state index contributed by atoms with van der Waals surface area (Å²) in [6.45, 7) is 2.38. The van der Waals surface area contributed by atoms with Gasteiger partial charge in [0, 0.05) is 18.3 Å². The summed E-state index contributed by atoms with van der Waals surface area (Å²) in [5.74, 6) is 1.75. The van der Waals surface area contributed by atoms with Crippen LogP contribution in [0.4, 0.5) is 5.82 Å². The van der Waals surface area contributed by atoms with Crippen LogP contribution in [0.25, 0.3) is 22.5 Å². The van der Waals surface area contributed by atoms with Gasteiger partial charge in [0.25, 0.3) is 0 Å². The number of hydrogen-bond donors (Lipinski definition) is 0. The summed E-state index contributed by atoms with van der Waals surface area (Å²) in [5.41, 5.74) is 3.38. The molecule has 0 N–H and O–H groups in total. The van der Waals surface area contributed by atoms with E-state index in [4.69, 9.17) is 4.42 Å². The van der Waals surface area contributed by atoms with Gasteiger partial charge in [-0.1, -0.05) is 18.2 Å². The van der Waals surface area contributed by atoms with Crippen molar-refractivity contribution in [2.24, 2.45) is 0 Å². The van der Waals surface area contributed by atoms with Crippen molar-refractivity contribution in [1.82, 2.24) is 25.1 Å². The molecule has 0 bridgehead atoms. The SMILES string of the molecule is Cc1ccc2ncnc(N(C)Cc3nnc(-c4ccccc4)o3)c2n1. The molecule has 4 rings (SSSR count). The van der Waals surface area contributed by atoms with E-state index >= 15 is 0 Å². The fraction of sp³-hybridized carbons (Fsp3) is 0.167. The fourth-order valence-electron chi connectivity index (χ4n) is 2.60. The lowest BCUT2D eigenvalue weighted by Crippen LogP contribution is -2.19. The normalized spacial score (nSPS) is 11.0. The summed E-state index contributed by atoms with van der Waals surface area (Å²) in [6.07, 6.45) is 1.54. The van der Waals surface area contributed by atoms with Crippen LogP contribution in [-0.4, -0.2) is 32.2 Å². The molecular formula is C18H16N6O. The minimum Gasteiger partial charge on any atom is -0.419 e. The maximum Gasteiger partial charge on any atom is 0.247 e. The number of pyridine rings is 1. The van der Waals surface area contributed by atoms with Crippen LogP contribution >= 0.6 is 0 Å². The van der Waals surface area contributed by atoms with E-state index in [1.54, 1.807) is 0 Å². The second-order valence-corrected chi connectivity index (χ2v) is 5.74. The molecule has 0 fully saturated rings. The Balaban J connectivity index is 1.62.